The average Bonchev–Trinajstić information content (AvgIpc) is 2.75. The summed E-state index contributed by atoms with van der Waals surface area (Å²) >= 11 is 0. The molecule has 1 saturated carbocycles. The summed E-state index contributed by atoms with van der Waals surface area (Å²) in [5.41, 5.74) is 2.95. The van der Waals surface area contributed by atoms with E-state index < -0.39 is 0 Å². The molecule has 1 aliphatic rings. The molecule has 1 aliphatic carbocycles. The molecule has 0 bridgehead atoms. The molecule has 0 unspecified atom stereocenters. The van der Waals surface area contributed by atoms with Gasteiger partial charge in [0.15, 0.2) is 0 Å². The summed E-state index contributed by atoms with van der Waals surface area (Å²) in [4.78, 5) is 0. The second kappa shape index (κ2) is 2.76. The summed E-state index contributed by atoms with van der Waals surface area (Å²) in [6.45, 7) is 5.50. The van der Waals surface area contributed by atoms with Crippen LogP contribution in [0.5, 0.6) is 0 Å². The van der Waals surface area contributed by atoms with E-state index in [9.17, 15) is 0 Å². The summed E-state index contributed by atoms with van der Waals surface area (Å²) in [7, 11) is 1.97. The van der Waals surface area contributed by atoms with Gasteiger partial charge in [0.05, 0.1) is 17.6 Å². The number of nitrogens with zero attached hydrogens (tertiary/aromatic N) is 2. The first-order chi connectivity index (χ1) is 6.11. The summed E-state index contributed by atoms with van der Waals surface area (Å²) in [6.07, 6.45) is 4.62. The van der Waals surface area contributed by atoms with Crippen LogP contribution in [0.3, 0.4) is 0 Å². The Morgan fingerprint density at radius 3 is 2.77 bits per heavy atom. The maximum absolute atomic E-state index is 4.19. The smallest absolute Gasteiger partial charge is 0.0756 e. The van der Waals surface area contributed by atoms with Crippen molar-refractivity contribution in [2.75, 3.05) is 11.9 Å². The Labute approximate surface area is 79.1 Å². The molecule has 0 aromatic carbocycles. The molecule has 1 heterocycles. The fourth-order valence-corrected chi connectivity index (χ4v) is 1.37. The van der Waals surface area contributed by atoms with Gasteiger partial charge >= 0.3 is 0 Å². The van der Waals surface area contributed by atoms with Crippen LogP contribution in [0.1, 0.15) is 25.5 Å². The number of nitrogens with one attached hydrogen (secondary N) is 1. The fraction of sp³-hybridized carbons (Fsp3) is 0.700. The van der Waals surface area contributed by atoms with E-state index in [0.29, 0.717) is 5.41 Å². The van der Waals surface area contributed by atoms with Gasteiger partial charge in [0.25, 0.3) is 0 Å². The number of hydrogen-bond donors (Lipinski definition) is 1. The number of anilines is 1. The molecule has 13 heavy (non-hydrogen) atoms. The predicted molar refractivity (Wildman–Crippen MR) is 53.8 cm³/mol. The monoisotopic (exact) mass is 179 g/mol. The first-order valence-electron chi connectivity index (χ1n) is 4.83. The lowest BCUT2D eigenvalue weighted by molar-refractivity contribution is 0.610. The molecule has 1 aromatic heterocycles. The number of aryl methyl sites for hydroxylation is 1. The van der Waals surface area contributed by atoms with Gasteiger partial charge in [-0.25, -0.2) is 0 Å². The maximum atomic E-state index is 4.19. The zero-order valence-electron chi connectivity index (χ0n) is 8.59. The van der Waals surface area contributed by atoms with E-state index in [2.05, 4.69) is 24.3 Å². The van der Waals surface area contributed by atoms with Gasteiger partial charge in [0, 0.05) is 13.6 Å². The Kier molecular flexibility index (Phi) is 1.82. The van der Waals surface area contributed by atoms with Crippen molar-refractivity contribution >= 4 is 5.69 Å². The highest BCUT2D eigenvalue weighted by atomic mass is 15.3. The van der Waals surface area contributed by atoms with Crippen molar-refractivity contribution in [2.45, 2.75) is 26.7 Å². The van der Waals surface area contributed by atoms with Crippen molar-refractivity contribution in [3.05, 3.63) is 11.9 Å². The minimum Gasteiger partial charge on any atom is -0.382 e. The van der Waals surface area contributed by atoms with Crippen molar-refractivity contribution in [3.63, 3.8) is 0 Å². The van der Waals surface area contributed by atoms with E-state index in [1.807, 2.05) is 17.9 Å². The van der Waals surface area contributed by atoms with E-state index >= 15 is 0 Å². The van der Waals surface area contributed by atoms with Crippen molar-refractivity contribution in [3.8, 4) is 0 Å². The summed E-state index contributed by atoms with van der Waals surface area (Å²) in [5, 5.41) is 7.64. The zero-order valence-corrected chi connectivity index (χ0v) is 8.59. The Bertz CT molecular complexity index is 310. The molecule has 72 valence electrons. The minimum absolute atomic E-state index is 0.558. The van der Waals surface area contributed by atoms with Gasteiger partial charge in [-0.2, -0.15) is 5.10 Å². The number of hydrogen-bond acceptors (Lipinski definition) is 2. The predicted octanol–water partition coefficient (Wildman–Crippen LogP) is 1.94. The van der Waals surface area contributed by atoms with Gasteiger partial charge in [-0.05, 0) is 25.2 Å². The second-order valence-corrected chi connectivity index (χ2v) is 4.43. The summed E-state index contributed by atoms with van der Waals surface area (Å²) in [6, 6.07) is 0. The van der Waals surface area contributed by atoms with Crippen LogP contribution in [0.25, 0.3) is 0 Å². The average molecular weight is 179 g/mol. The molecule has 0 spiro atoms. The minimum atomic E-state index is 0.558. The van der Waals surface area contributed by atoms with Crippen LogP contribution in [-0.2, 0) is 7.05 Å². The first-order valence-corrected chi connectivity index (χ1v) is 4.83. The van der Waals surface area contributed by atoms with Crippen LogP contribution < -0.4 is 5.32 Å². The highest BCUT2D eigenvalue weighted by Crippen LogP contribution is 2.44. The highest BCUT2D eigenvalue weighted by molar-refractivity contribution is 5.46. The molecule has 0 amide bonds. The van der Waals surface area contributed by atoms with Gasteiger partial charge in [0.1, 0.15) is 0 Å². The van der Waals surface area contributed by atoms with Gasteiger partial charge < -0.3 is 5.32 Å². The molecule has 0 saturated heterocycles. The molecule has 2 rings (SSSR count). The highest BCUT2D eigenvalue weighted by Gasteiger charge is 2.36. The van der Waals surface area contributed by atoms with Crippen LogP contribution in [0, 0.1) is 12.3 Å². The quantitative estimate of drug-likeness (QED) is 0.768. The molecule has 1 N–H and O–H groups in total. The number of rotatable bonds is 3. The lowest BCUT2D eigenvalue weighted by Gasteiger charge is -2.10. The normalized spacial score (nSPS) is 18.7. The van der Waals surface area contributed by atoms with Gasteiger partial charge in [0.2, 0.25) is 0 Å². The lowest BCUT2D eigenvalue weighted by Crippen LogP contribution is -2.12. The van der Waals surface area contributed by atoms with E-state index in [-0.39, 0.29) is 0 Å². The van der Waals surface area contributed by atoms with E-state index in [1.54, 1.807) is 0 Å². The number of aromatic nitrogens is 2. The van der Waals surface area contributed by atoms with Crippen LogP contribution >= 0.6 is 0 Å². The maximum Gasteiger partial charge on any atom is 0.0756 e. The molecular formula is C10H17N3. The van der Waals surface area contributed by atoms with Crippen LogP contribution in [-0.4, -0.2) is 16.3 Å². The Hall–Kier alpha value is -0.990. The molecule has 1 aromatic rings. The molecule has 0 aliphatic heterocycles. The molecule has 3 heteroatoms. The van der Waals surface area contributed by atoms with Gasteiger partial charge in [-0.3, -0.25) is 4.68 Å². The molecule has 1 fully saturated rings. The third-order valence-corrected chi connectivity index (χ3v) is 3.04. The van der Waals surface area contributed by atoms with Crippen molar-refractivity contribution < 1.29 is 0 Å². The van der Waals surface area contributed by atoms with Crippen LogP contribution in [0.4, 0.5) is 5.69 Å². The molecule has 0 radical (unpaired) electrons. The second-order valence-electron chi connectivity index (χ2n) is 4.43. The van der Waals surface area contributed by atoms with Crippen LogP contribution in [0.2, 0.25) is 0 Å². The van der Waals surface area contributed by atoms with Crippen LogP contribution in [0.15, 0.2) is 6.20 Å². The Balaban J connectivity index is 1.97. The first kappa shape index (κ1) is 8.60. The SMILES string of the molecule is Cc1c(NCC2(C)CC2)cnn1C. The Morgan fingerprint density at radius 2 is 2.31 bits per heavy atom. The topological polar surface area (TPSA) is 29.9 Å². The van der Waals surface area contributed by atoms with E-state index in [1.165, 1.54) is 24.2 Å². The third-order valence-electron chi connectivity index (χ3n) is 3.04. The molecule has 3 nitrogen and oxygen atoms in total. The summed E-state index contributed by atoms with van der Waals surface area (Å²) < 4.78 is 1.90. The molecule has 0 atom stereocenters. The van der Waals surface area contributed by atoms with Crippen molar-refractivity contribution in [2.24, 2.45) is 12.5 Å². The fourth-order valence-electron chi connectivity index (χ4n) is 1.37. The zero-order chi connectivity index (χ0) is 9.47. The van der Waals surface area contributed by atoms with E-state index in [0.717, 1.165) is 6.54 Å². The standard InChI is InChI=1S/C10H17N3/c1-8-9(6-12-13(8)3)11-7-10(2)4-5-10/h6,11H,4-5,7H2,1-3H3. The summed E-state index contributed by atoms with van der Waals surface area (Å²) in [5.74, 6) is 0. The van der Waals surface area contributed by atoms with Crippen molar-refractivity contribution in [1.29, 1.82) is 0 Å². The van der Waals surface area contributed by atoms with Crippen molar-refractivity contribution in [1.82, 2.24) is 9.78 Å². The largest absolute Gasteiger partial charge is 0.382 e. The molecular weight excluding hydrogens is 162 g/mol. The van der Waals surface area contributed by atoms with E-state index in [4.69, 9.17) is 0 Å². The lowest BCUT2D eigenvalue weighted by atomic mass is 10.1. The Morgan fingerprint density at radius 1 is 1.62 bits per heavy atom. The van der Waals surface area contributed by atoms with Gasteiger partial charge in [-0.1, -0.05) is 6.92 Å². The van der Waals surface area contributed by atoms with Gasteiger partial charge in [-0.15, -0.1) is 0 Å². The third kappa shape index (κ3) is 1.69.